The third kappa shape index (κ3) is 3.72. The smallest absolute Gasteiger partial charge is 0.337 e. The van der Waals surface area contributed by atoms with Crippen LogP contribution in [0.2, 0.25) is 5.02 Å². The fourth-order valence-electron chi connectivity index (χ4n) is 2.67. The van der Waals surface area contributed by atoms with Crippen molar-refractivity contribution >= 4 is 17.6 Å². The number of carboxylic acids is 1. The van der Waals surface area contributed by atoms with Gasteiger partial charge in [-0.15, -0.1) is 0 Å². The zero-order valence-corrected chi connectivity index (χ0v) is 13.3. The van der Waals surface area contributed by atoms with Crippen LogP contribution in [0.1, 0.15) is 22.3 Å². The summed E-state index contributed by atoms with van der Waals surface area (Å²) in [5, 5.41) is 9.64. The monoisotopic (exact) mass is 332 g/mol. The molecule has 0 aliphatic carbocycles. The summed E-state index contributed by atoms with van der Waals surface area (Å²) in [5.41, 5.74) is 2.53. The van der Waals surface area contributed by atoms with Gasteiger partial charge >= 0.3 is 5.97 Å². The molecule has 1 heterocycles. The molecule has 1 saturated heterocycles. The lowest BCUT2D eigenvalue weighted by atomic mass is 9.98. The first-order valence-electron chi connectivity index (χ1n) is 7.45. The highest BCUT2D eigenvalue weighted by molar-refractivity contribution is 6.34. The van der Waals surface area contributed by atoms with E-state index in [9.17, 15) is 9.90 Å². The molecule has 3 rings (SSSR count). The van der Waals surface area contributed by atoms with Gasteiger partial charge in [0.25, 0.3) is 0 Å². The largest absolute Gasteiger partial charge is 0.478 e. The van der Waals surface area contributed by atoms with Crippen molar-refractivity contribution in [1.82, 2.24) is 0 Å². The number of benzene rings is 2. The number of carbonyl (C=O) groups is 1. The summed E-state index contributed by atoms with van der Waals surface area (Å²) < 4.78 is 11.1. The molecule has 1 aliphatic rings. The van der Waals surface area contributed by atoms with Crippen LogP contribution in [0.4, 0.5) is 0 Å². The summed E-state index contributed by atoms with van der Waals surface area (Å²) in [6, 6.07) is 12.8. The fraction of sp³-hybridized carbons (Fsp3) is 0.278. The van der Waals surface area contributed by atoms with Crippen LogP contribution < -0.4 is 0 Å². The third-order valence-corrected chi connectivity index (χ3v) is 4.15. The quantitative estimate of drug-likeness (QED) is 0.898. The van der Waals surface area contributed by atoms with Crippen molar-refractivity contribution in [3.05, 3.63) is 58.6 Å². The molecular formula is C18H17ClO4. The highest BCUT2D eigenvalue weighted by atomic mass is 35.5. The Bertz CT molecular complexity index is 708. The van der Waals surface area contributed by atoms with Crippen LogP contribution in [0, 0.1) is 0 Å². The second-order valence-corrected chi connectivity index (χ2v) is 5.87. The van der Waals surface area contributed by atoms with Crippen molar-refractivity contribution in [2.45, 2.75) is 19.1 Å². The molecule has 1 unspecified atom stereocenters. The molecule has 0 spiro atoms. The minimum absolute atomic E-state index is 0.122. The van der Waals surface area contributed by atoms with Crippen molar-refractivity contribution in [2.75, 3.05) is 13.2 Å². The predicted octanol–water partition coefficient (Wildman–Crippen LogP) is 4.01. The maximum atomic E-state index is 11.5. The molecule has 1 N–H and O–H groups in total. The van der Waals surface area contributed by atoms with Crippen molar-refractivity contribution < 1.29 is 19.4 Å². The first-order chi connectivity index (χ1) is 11.1. The zero-order chi connectivity index (χ0) is 16.2. The van der Waals surface area contributed by atoms with Gasteiger partial charge in [-0.3, -0.25) is 0 Å². The van der Waals surface area contributed by atoms with Crippen LogP contribution in [0.3, 0.4) is 0 Å². The minimum Gasteiger partial charge on any atom is -0.478 e. The fourth-order valence-corrected chi connectivity index (χ4v) is 2.92. The van der Waals surface area contributed by atoms with Crippen LogP contribution >= 0.6 is 11.6 Å². The van der Waals surface area contributed by atoms with Gasteiger partial charge in [-0.05, 0) is 35.2 Å². The van der Waals surface area contributed by atoms with Gasteiger partial charge in [0.2, 0.25) is 0 Å². The molecule has 0 saturated carbocycles. The number of carboxylic acid groups (broad SMARTS) is 1. The Morgan fingerprint density at radius 2 is 2.13 bits per heavy atom. The van der Waals surface area contributed by atoms with E-state index >= 15 is 0 Å². The summed E-state index contributed by atoms with van der Waals surface area (Å²) in [6.07, 6.45) is 1.05. The Balaban J connectivity index is 1.85. The van der Waals surface area contributed by atoms with E-state index in [0.29, 0.717) is 18.8 Å². The molecule has 0 aromatic heterocycles. The Hall–Kier alpha value is -1.88. The Morgan fingerprint density at radius 3 is 2.87 bits per heavy atom. The normalized spacial score (nSPS) is 17.3. The van der Waals surface area contributed by atoms with Crippen LogP contribution in [-0.4, -0.2) is 30.4 Å². The van der Waals surface area contributed by atoms with E-state index in [1.54, 1.807) is 18.2 Å². The van der Waals surface area contributed by atoms with E-state index in [4.69, 9.17) is 21.1 Å². The summed E-state index contributed by atoms with van der Waals surface area (Å²) in [7, 11) is 0. The van der Waals surface area contributed by atoms with Crippen molar-refractivity contribution in [1.29, 1.82) is 0 Å². The van der Waals surface area contributed by atoms with Gasteiger partial charge in [-0.2, -0.15) is 0 Å². The summed E-state index contributed by atoms with van der Waals surface area (Å²) in [4.78, 5) is 11.5. The van der Waals surface area contributed by atoms with Gasteiger partial charge in [-0.1, -0.05) is 41.9 Å². The molecule has 0 amide bonds. The molecule has 1 fully saturated rings. The van der Waals surface area contributed by atoms with Gasteiger partial charge < -0.3 is 14.6 Å². The maximum Gasteiger partial charge on any atom is 0.337 e. The van der Waals surface area contributed by atoms with Gasteiger partial charge in [0, 0.05) is 6.61 Å². The lowest BCUT2D eigenvalue weighted by molar-refractivity contribution is 0.0318. The first kappa shape index (κ1) is 16.0. The Morgan fingerprint density at radius 1 is 1.30 bits per heavy atom. The number of ether oxygens (including phenoxy) is 2. The lowest BCUT2D eigenvalue weighted by Gasteiger charge is -2.12. The molecule has 0 bridgehead atoms. The second-order valence-electron chi connectivity index (χ2n) is 5.46. The van der Waals surface area contributed by atoms with E-state index in [1.165, 1.54) is 0 Å². The molecular weight excluding hydrogens is 316 g/mol. The average molecular weight is 333 g/mol. The van der Waals surface area contributed by atoms with Gasteiger partial charge in [-0.25, -0.2) is 4.79 Å². The number of rotatable bonds is 5. The number of halogens is 1. The average Bonchev–Trinajstić information content (AvgIpc) is 3.06. The first-order valence-corrected chi connectivity index (χ1v) is 7.83. The number of hydrogen-bond donors (Lipinski definition) is 1. The van der Waals surface area contributed by atoms with Gasteiger partial charge in [0.1, 0.15) is 0 Å². The molecule has 0 radical (unpaired) electrons. The highest BCUT2D eigenvalue weighted by Gasteiger charge is 2.17. The van der Waals surface area contributed by atoms with Crippen molar-refractivity contribution in [3.8, 4) is 11.1 Å². The lowest BCUT2D eigenvalue weighted by Crippen LogP contribution is -2.11. The molecule has 4 nitrogen and oxygen atoms in total. The van der Waals surface area contributed by atoms with Crippen LogP contribution in [0.5, 0.6) is 0 Å². The molecule has 120 valence electrons. The molecule has 5 heteroatoms. The topological polar surface area (TPSA) is 55.8 Å². The number of hydrogen-bond acceptors (Lipinski definition) is 3. The highest BCUT2D eigenvalue weighted by Crippen LogP contribution is 2.30. The molecule has 2 aromatic rings. The van der Waals surface area contributed by atoms with E-state index in [-0.39, 0.29) is 16.7 Å². The van der Waals surface area contributed by atoms with Crippen LogP contribution in [0.15, 0.2) is 42.5 Å². The standard InChI is InChI=1S/C18H17ClO4/c19-16-6-2-5-15(17(16)18(20)21)13-4-1-3-12(9-13)10-23-14-7-8-22-11-14/h1-6,9,14H,7-8,10-11H2,(H,20,21). The van der Waals surface area contributed by atoms with Gasteiger partial charge in [0.15, 0.2) is 0 Å². The third-order valence-electron chi connectivity index (χ3n) is 3.84. The van der Waals surface area contributed by atoms with Crippen LogP contribution in [0.25, 0.3) is 11.1 Å². The Labute approximate surface area is 139 Å². The summed E-state index contributed by atoms with van der Waals surface area (Å²) in [5.74, 6) is -1.03. The number of aromatic carboxylic acids is 1. The molecule has 23 heavy (non-hydrogen) atoms. The summed E-state index contributed by atoms with van der Waals surface area (Å²) >= 11 is 6.04. The van der Waals surface area contributed by atoms with E-state index in [2.05, 4.69) is 0 Å². The van der Waals surface area contributed by atoms with E-state index in [1.807, 2.05) is 24.3 Å². The van der Waals surface area contributed by atoms with Crippen LogP contribution in [-0.2, 0) is 16.1 Å². The zero-order valence-electron chi connectivity index (χ0n) is 12.5. The Kier molecular flexibility index (Phi) is 4.96. The van der Waals surface area contributed by atoms with Crippen molar-refractivity contribution in [3.63, 3.8) is 0 Å². The molecule has 1 atom stereocenters. The molecule has 1 aliphatic heterocycles. The SMILES string of the molecule is O=C(O)c1c(Cl)cccc1-c1cccc(COC2CCOC2)c1. The minimum atomic E-state index is -1.03. The van der Waals surface area contributed by atoms with E-state index < -0.39 is 5.97 Å². The molecule has 2 aromatic carbocycles. The second kappa shape index (κ2) is 7.13. The van der Waals surface area contributed by atoms with Crippen molar-refractivity contribution in [2.24, 2.45) is 0 Å². The predicted molar refractivity (Wildman–Crippen MR) is 87.9 cm³/mol. The van der Waals surface area contributed by atoms with Gasteiger partial charge in [0.05, 0.1) is 29.9 Å². The summed E-state index contributed by atoms with van der Waals surface area (Å²) in [6.45, 7) is 1.86. The van der Waals surface area contributed by atoms with E-state index in [0.717, 1.165) is 24.2 Å². The maximum absolute atomic E-state index is 11.5.